The summed E-state index contributed by atoms with van der Waals surface area (Å²) >= 11 is 3.79. The van der Waals surface area contributed by atoms with Gasteiger partial charge in [-0.1, -0.05) is 23.0 Å². The highest BCUT2D eigenvalue weighted by Crippen LogP contribution is 2.41. The molecule has 15 nitrogen and oxygen atoms in total. The predicted octanol–water partition coefficient (Wildman–Crippen LogP) is 0.0308. The summed E-state index contributed by atoms with van der Waals surface area (Å²) in [5.41, 5.74) is 11.9. The van der Waals surface area contributed by atoms with Crippen molar-refractivity contribution in [2.45, 2.75) is 48.5 Å². The minimum absolute atomic E-state index is 0.0924. The zero-order valence-electron chi connectivity index (χ0n) is 21.0. The van der Waals surface area contributed by atoms with Crippen molar-refractivity contribution in [3.8, 4) is 0 Å². The van der Waals surface area contributed by atoms with Crippen LogP contribution in [0.2, 0.25) is 0 Å². The summed E-state index contributed by atoms with van der Waals surface area (Å²) in [6, 6.07) is -0.947. The van der Waals surface area contributed by atoms with Gasteiger partial charge in [0.25, 0.3) is 11.8 Å². The third-order valence-corrected chi connectivity index (χ3v) is 9.27. The quantitative estimate of drug-likeness (QED) is 0.0825. The van der Waals surface area contributed by atoms with Crippen molar-refractivity contribution >= 4 is 63.5 Å². The van der Waals surface area contributed by atoms with Crippen LogP contribution in [0.15, 0.2) is 39.1 Å². The Balaban J connectivity index is 1.28. The molecule has 2 aliphatic heterocycles. The van der Waals surface area contributed by atoms with Crippen molar-refractivity contribution in [3.63, 3.8) is 0 Å². The first-order chi connectivity index (χ1) is 19.4. The largest absolute Gasteiger partial charge is 0.477 e. The average molecular weight is 607 g/mol. The van der Waals surface area contributed by atoms with Gasteiger partial charge in [-0.3, -0.25) is 14.5 Å². The van der Waals surface area contributed by atoms with E-state index >= 15 is 0 Å². The lowest BCUT2D eigenvalue weighted by Gasteiger charge is -2.49. The Morgan fingerprint density at radius 2 is 2.23 bits per heavy atom. The first kappa shape index (κ1) is 28.1. The van der Waals surface area contributed by atoms with E-state index in [0.717, 1.165) is 24.2 Å². The van der Waals surface area contributed by atoms with Gasteiger partial charge in [0.15, 0.2) is 10.8 Å². The van der Waals surface area contributed by atoms with Gasteiger partial charge in [-0.25, -0.2) is 14.5 Å². The highest BCUT2D eigenvalue weighted by atomic mass is 32.2. The minimum Gasteiger partial charge on any atom is -0.477 e. The molecule has 4 heterocycles. The van der Waals surface area contributed by atoms with E-state index in [1.807, 2.05) is 12.2 Å². The van der Waals surface area contributed by atoms with Crippen LogP contribution in [0.3, 0.4) is 0 Å². The molecule has 3 aliphatic rings. The van der Waals surface area contributed by atoms with Crippen LogP contribution < -0.4 is 16.8 Å². The Kier molecular flexibility index (Phi) is 8.67. The highest BCUT2D eigenvalue weighted by molar-refractivity contribution is 8.01. The van der Waals surface area contributed by atoms with Crippen LogP contribution in [0, 0.1) is 0 Å². The number of β-lactam (4-membered cyclic amide) rings is 1. The molecule has 2 unspecified atom stereocenters. The summed E-state index contributed by atoms with van der Waals surface area (Å²) in [6.45, 7) is 1.03. The number of carboxylic acids is 1. The number of thiazole rings is 1. The number of tetrazole rings is 1. The van der Waals surface area contributed by atoms with Crippen LogP contribution in [0.25, 0.3) is 0 Å². The van der Waals surface area contributed by atoms with E-state index in [2.05, 4.69) is 31.0 Å². The first-order valence-electron chi connectivity index (χ1n) is 12.3. The van der Waals surface area contributed by atoms with Crippen LogP contribution in [0.1, 0.15) is 25.0 Å². The summed E-state index contributed by atoms with van der Waals surface area (Å²) in [4.78, 5) is 49.5. The van der Waals surface area contributed by atoms with E-state index in [-0.39, 0.29) is 34.1 Å². The SMILES string of the molecule is NCCCn1nnnc1SCC1=C(C(=O)O)N2C(=O)C(NC(=O)C(=NOC3C=CCC3)c3csc(N)n3)[C@H]2SC1. The second-order valence-corrected chi connectivity index (χ2v) is 11.8. The molecule has 0 bridgehead atoms. The number of nitrogen functional groups attached to an aromatic ring is 1. The van der Waals surface area contributed by atoms with Crippen LogP contribution >= 0.6 is 34.9 Å². The molecule has 6 N–H and O–H groups in total. The molecule has 5 rings (SSSR count). The van der Waals surface area contributed by atoms with Crippen LogP contribution in [-0.2, 0) is 25.8 Å². The molecule has 1 aliphatic carbocycles. The number of aliphatic carboxylic acids is 1. The van der Waals surface area contributed by atoms with Gasteiger partial charge in [-0.05, 0) is 47.9 Å². The van der Waals surface area contributed by atoms with E-state index in [4.69, 9.17) is 16.3 Å². The average Bonchev–Trinajstić information content (AvgIpc) is 3.71. The maximum atomic E-state index is 13.2. The number of carboxylic acid groups (broad SMARTS) is 1. The lowest BCUT2D eigenvalue weighted by molar-refractivity contribution is -0.150. The predicted molar refractivity (Wildman–Crippen MR) is 148 cm³/mol. The summed E-state index contributed by atoms with van der Waals surface area (Å²) in [6.07, 6.45) is 5.84. The molecular weight excluding hydrogens is 581 g/mol. The summed E-state index contributed by atoms with van der Waals surface area (Å²) in [5, 5.41) is 30.1. The Morgan fingerprint density at radius 3 is 2.92 bits per heavy atom. The molecule has 212 valence electrons. The van der Waals surface area contributed by atoms with E-state index < -0.39 is 29.2 Å². The van der Waals surface area contributed by atoms with E-state index in [9.17, 15) is 19.5 Å². The lowest BCUT2D eigenvalue weighted by Crippen LogP contribution is -2.71. The second-order valence-electron chi connectivity index (χ2n) is 8.89. The molecule has 1 saturated heterocycles. The number of amides is 2. The topological polar surface area (TPSA) is 217 Å². The molecule has 3 atom stereocenters. The highest BCUT2D eigenvalue weighted by Gasteiger charge is 2.54. The summed E-state index contributed by atoms with van der Waals surface area (Å²) in [5.74, 6) is -1.80. The van der Waals surface area contributed by atoms with Crippen LogP contribution in [0.4, 0.5) is 5.13 Å². The zero-order chi connectivity index (χ0) is 28.2. The first-order valence-corrected chi connectivity index (χ1v) is 15.2. The number of hydrogen-bond donors (Lipinski definition) is 4. The Bertz CT molecular complexity index is 1390. The number of carbonyl (C=O) groups is 3. The van der Waals surface area contributed by atoms with Crippen molar-refractivity contribution in [3.05, 3.63) is 34.5 Å². The van der Waals surface area contributed by atoms with Gasteiger partial charge in [0, 0.05) is 23.4 Å². The molecule has 0 radical (unpaired) electrons. The number of thioether (sulfide) groups is 2. The third kappa shape index (κ3) is 5.84. The number of carbonyl (C=O) groups excluding carboxylic acids is 2. The molecule has 2 aromatic rings. The monoisotopic (exact) mass is 606 g/mol. The smallest absolute Gasteiger partial charge is 0.352 e. The van der Waals surface area contributed by atoms with Crippen molar-refractivity contribution in [2.75, 3.05) is 23.8 Å². The zero-order valence-corrected chi connectivity index (χ0v) is 23.5. The number of nitrogens with zero attached hydrogens (tertiary/aromatic N) is 7. The van der Waals surface area contributed by atoms with Crippen molar-refractivity contribution < 1.29 is 24.3 Å². The number of allylic oxidation sites excluding steroid dienone is 1. The molecule has 0 spiro atoms. The molecule has 2 amide bonds. The number of oxime groups is 1. The molecule has 18 heteroatoms. The van der Waals surface area contributed by atoms with Crippen LogP contribution in [0.5, 0.6) is 0 Å². The standard InChI is InChI=1S/C22H26N10O5S3/c23-6-3-7-31-22(27-29-30-31)40-9-11-8-38-19-15(18(34)32(19)16(11)20(35)36)26-17(33)14(13-10-39-21(24)25-13)28-37-12-4-1-2-5-12/h1,4,10,12,15,19H,2-3,5-9,23H2,(H2,24,25)(H,26,33)(H,35,36)/t12?,15?,19-/m1/s1. The van der Waals surface area contributed by atoms with E-state index in [1.54, 1.807) is 10.1 Å². The number of aryl methyl sites for hydroxylation is 1. The number of fused-ring (bicyclic) bond motifs is 1. The van der Waals surface area contributed by atoms with Gasteiger partial charge in [-0.15, -0.1) is 28.2 Å². The van der Waals surface area contributed by atoms with Gasteiger partial charge in [0.05, 0.1) is 0 Å². The summed E-state index contributed by atoms with van der Waals surface area (Å²) < 4.78 is 1.61. The molecule has 40 heavy (non-hydrogen) atoms. The maximum absolute atomic E-state index is 13.2. The third-order valence-electron chi connectivity index (χ3n) is 6.21. The number of anilines is 1. The van der Waals surface area contributed by atoms with Gasteiger partial charge in [-0.2, -0.15) is 0 Å². The Labute approximate surface area is 240 Å². The lowest BCUT2D eigenvalue weighted by atomic mass is 10.0. The normalized spacial score (nSPS) is 22.3. The van der Waals surface area contributed by atoms with Gasteiger partial charge in [0.2, 0.25) is 5.16 Å². The number of nitrogens with two attached hydrogens (primary N) is 2. The molecule has 1 fully saturated rings. The second kappa shape index (κ2) is 12.4. The fraction of sp³-hybridized carbons (Fsp3) is 0.455. The van der Waals surface area contributed by atoms with E-state index in [1.165, 1.54) is 28.4 Å². The van der Waals surface area contributed by atoms with Gasteiger partial charge in [0.1, 0.15) is 28.9 Å². The van der Waals surface area contributed by atoms with E-state index in [0.29, 0.717) is 36.0 Å². The minimum atomic E-state index is -1.22. The summed E-state index contributed by atoms with van der Waals surface area (Å²) in [7, 11) is 0. The number of rotatable bonds is 12. The van der Waals surface area contributed by atoms with Crippen molar-refractivity contribution in [1.29, 1.82) is 0 Å². The number of nitrogens with one attached hydrogen (secondary N) is 1. The van der Waals surface area contributed by atoms with Crippen molar-refractivity contribution in [1.82, 2.24) is 35.4 Å². The molecule has 0 saturated carbocycles. The number of hydrogen-bond acceptors (Lipinski definition) is 14. The van der Waals surface area contributed by atoms with Crippen molar-refractivity contribution in [2.24, 2.45) is 10.9 Å². The molecular formula is C22H26N10O5S3. The van der Waals surface area contributed by atoms with Gasteiger partial charge < -0.3 is 26.7 Å². The number of aromatic nitrogens is 5. The van der Waals surface area contributed by atoms with Gasteiger partial charge >= 0.3 is 5.97 Å². The molecule has 0 aromatic carbocycles. The Morgan fingerprint density at radius 1 is 1.38 bits per heavy atom. The maximum Gasteiger partial charge on any atom is 0.352 e. The molecule has 2 aromatic heterocycles. The Hall–Kier alpha value is -3.48. The fourth-order valence-corrected chi connectivity index (χ4v) is 7.19. The fourth-order valence-electron chi connectivity index (χ4n) is 4.25. The van der Waals surface area contributed by atoms with Crippen LogP contribution in [-0.4, -0.2) is 94.3 Å².